The monoisotopic (exact) mass is 287 g/mol. The number of benzene rings is 1. The number of carboxylic acid groups (broad SMARTS) is 1. The number of carboxylic acids is 1. The van der Waals surface area contributed by atoms with Gasteiger partial charge in [0, 0.05) is 22.9 Å². The van der Waals surface area contributed by atoms with Gasteiger partial charge in [0.05, 0.1) is 0 Å². The molecule has 0 aliphatic carbocycles. The van der Waals surface area contributed by atoms with Crippen LogP contribution in [0.2, 0.25) is 0 Å². The van der Waals surface area contributed by atoms with Gasteiger partial charge in [0.15, 0.2) is 0 Å². The molecule has 0 aliphatic heterocycles. The summed E-state index contributed by atoms with van der Waals surface area (Å²) in [6.07, 6.45) is 0. The highest BCUT2D eigenvalue weighted by Gasteiger charge is 2.08. The second kappa shape index (κ2) is 6.00. The number of amides is 1. The van der Waals surface area contributed by atoms with E-state index < -0.39 is 18.4 Å². The van der Waals surface area contributed by atoms with E-state index in [1.165, 1.54) is 18.2 Å². The van der Waals surface area contributed by atoms with Gasteiger partial charge in [-0.1, -0.05) is 12.1 Å². The SMILES string of the molecule is Cc1cc(=O)[nH]c(-c2ccc(C(=O)NCC(=O)O)cc2)n1. The zero-order valence-electron chi connectivity index (χ0n) is 11.2. The maximum absolute atomic E-state index is 11.7. The normalized spacial score (nSPS) is 10.1. The third-order valence-electron chi connectivity index (χ3n) is 2.69. The van der Waals surface area contributed by atoms with Crippen molar-refractivity contribution in [2.24, 2.45) is 0 Å². The molecule has 7 nitrogen and oxygen atoms in total. The third-order valence-corrected chi connectivity index (χ3v) is 2.69. The molecule has 21 heavy (non-hydrogen) atoms. The second-order valence-corrected chi connectivity index (χ2v) is 4.39. The van der Waals surface area contributed by atoms with Crippen molar-refractivity contribution >= 4 is 11.9 Å². The highest BCUT2D eigenvalue weighted by molar-refractivity contribution is 5.96. The second-order valence-electron chi connectivity index (χ2n) is 4.39. The predicted molar refractivity (Wildman–Crippen MR) is 75.0 cm³/mol. The van der Waals surface area contributed by atoms with Crippen LogP contribution in [0.5, 0.6) is 0 Å². The van der Waals surface area contributed by atoms with Gasteiger partial charge >= 0.3 is 5.97 Å². The Bertz CT molecular complexity index is 735. The molecule has 0 atom stereocenters. The lowest BCUT2D eigenvalue weighted by Gasteiger charge is -2.05. The number of carbonyl (C=O) groups excluding carboxylic acids is 1. The molecule has 7 heteroatoms. The fraction of sp³-hybridized carbons (Fsp3) is 0.143. The number of rotatable bonds is 4. The molecule has 0 aliphatic rings. The molecule has 0 saturated heterocycles. The summed E-state index contributed by atoms with van der Waals surface area (Å²) < 4.78 is 0. The fourth-order valence-corrected chi connectivity index (χ4v) is 1.75. The zero-order chi connectivity index (χ0) is 15.4. The molecule has 0 bridgehead atoms. The van der Waals surface area contributed by atoms with Crippen LogP contribution in [0.15, 0.2) is 35.1 Å². The maximum Gasteiger partial charge on any atom is 0.322 e. The van der Waals surface area contributed by atoms with E-state index in [2.05, 4.69) is 15.3 Å². The molecule has 1 aromatic carbocycles. The summed E-state index contributed by atoms with van der Waals surface area (Å²) in [6.45, 7) is 1.28. The quantitative estimate of drug-likeness (QED) is 0.760. The van der Waals surface area contributed by atoms with Crippen molar-refractivity contribution in [2.45, 2.75) is 6.92 Å². The van der Waals surface area contributed by atoms with Crippen LogP contribution in [0.25, 0.3) is 11.4 Å². The van der Waals surface area contributed by atoms with E-state index in [1.807, 2.05) is 0 Å². The highest BCUT2D eigenvalue weighted by atomic mass is 16.4. The molecule has 0 unspecified atom stereocenters. The number of aliphatic carboxylic acids is 1. The van der Waals surface area contributed by atoms with E-state index in [9.17, 15) is 14.4 Å². The molecule has 3 N–H and O–H groups in total. The Morgan fingerprint density at radius 2 is 1.95 bits per heavy atom. The van der Waals surface area contributed by atoms with Gasteiger partial charge in [-0.05, 0) is 19.1 Å². The number of H-pyrrole nitrogens is 1. The minimum Gasteiger partial charge on any atom is -0.480 e. The van der Waals surface area contributed by atoms with E-state index >= 15 is 0 Å². The van der Waals surface area contributed by atoms with E-state index in [4.69, 9.17) is 5.11 Å². The predicted octanol–water partition coefficient (Wildman–Crippen LogP) is 0.560. The molecular formula is C14H13N3O4. The van der Waals surface area contributed by atoms with Gasteiger partial charge in [0.25, 0.3) is 11.5 Å². The lowest BCUT2D eigenvalue weighted by molar-refractivity contribution is -0.135. The van der Waals surface area contributed by atoms with Crippen LogP contribution in [-0.2, 0) is 4.79 Å². The lowest BCUT2D eigenvalue weighted by atomic mass is 10.1. The van der Waals surface area contributed by atoms with Crippen LogP contribution >= 0.6 is 0 Å². The van der Waals surface area contributed by atoms with Gasteiger partial charge in [-0.2, -0.15) is 0 Å². The topological polar surface area (TPSA) is 112 Å². The molecule has 0 spiro atoms. The number of aromatic nitrogens is 2. The van der Waals surface area contributed by atoms with Crippen LogP contribution in [0.4, 0.5) is 0 Å². The van der Waals surface area contributed by atoms with Crippen LogP contribution in [0, 0.1) is 6.92 Å². The average molecular weight is 287 g/mol. The number of hydrogen-bond acceptors (Lipinski definition) is 4. The van der Waals surface area contributed by atoms with Crippen molar-refractivity contribution in [2.75, 3.05) is 6.54 Å². The van der Waals surface area contributed by atoms with Crippen LogP contribution in [0.3, 0.4) is 0 Å². The Morgan fingerprint density at radius 3 is 2.52 bits per heavy atom. The molecule has 108 valence electrons. The molecule has 0 radical (unpaired) electrons. The molecule has 1 amide bonds. The first-order chi connectivity index (χ1) is 9.95. The van der Waals surface area contributed by atoms with Gasteiger partial charge in [0.1, 0.15) is 12.4 Å². The molecule has 2 aromatic rings. The summed E-state index contributed by atoms with van der Waals surface area (Å²) in [5, 5.41) is 10.8. The largest absolute Gasteiger partial charge is 0.480 e. The molecule has 0 fully saturated rings. The fourth-order valence-electron chi connectivity index (χ4n) is 1.75. The van der Waals surface area contributed by atoms with Gasteiger partial charge < -0.3 is 15.4 Å². The van der Waals surface area contributed by atoms with Crippen LogP contribution in [0.1, 0.15) is 16.1 Å². The van der Waals surface area contributed by atoms with Crippen molar-refractivity contribution in [3.8, 4) is 11.4 Å². The van der Waals surface area contributed by atoms with E-state index in [1.54, 1.807) is 19.1 Å². The van der Waals surface area contributed by atoms with E-state index in [0.717, 1.165) is 0 Å². The molecule has 1 aromatic heterocycles. The minimum atomic E-state index is -1.11. The standard InChI is InChI=1S/C14H13N3O4/c1-8-6-11(18)17-13(16-8)9-2-4-10(5-3-9)14(21)15-7-12(19)20/h2-6H,7H2,1H3,(H,15,21)(H,19,20)(H,16,17,18). The van der Waals surface area contributed by atoms with Crippen molar-refractivity contribution in [3.63, 3.8) is 0 Å². The smallest absolute Gasteiger partial charge is 0.322 e. The Kier molecular flexibility index (Phi) is 4.13. The average Bonchev–Trinajstić information content (AvgIpc) is 2.44. The van der Waals surface area contributed by atoms with Crippen molar-refractivity contribution in [3.05, 3.63) is 51.9 Å². The van der Waals surface area contributed by atoms with Crippen LogP contribution in [-0.4, -0.2) is 33.5 Å². The lowest BCUT2D eigenvalue weighted by Crippen LogP contribution is -2.29. The number of nitrogens with one attached hydrogen (secondary N) is 2. The van der Waals surface area contributed by atoms with Crippen molar-refractivity contribution < 1.29 is 14.7 Å². The first kappa shape index (κ1) is 14.4. The summed E-state index contributed by atoms with van der Waals surface area (Å²) in [5.74, 6) is -1.17. The minimum absolute atomic E-state index is 0.249. The molecular weight excluding hydrogens is 274 g/mol. The van der Waals surface area contributed by atoms with Gasteiger partial charge in [-0.3, -0.25) is 14.4 Å². The van der Waals surface area contributed by atoms with Crippen molar-refractivity contribution in [1.29, 1.82) is 0 Å². The Balaban J connectivity index is 2.20. The summed E-state index contributed by atoms with van der Waals surface area (Å²) >= 11 is 0. The van der Waals surface area contributed by atoms with Gasteiger partial charge in [-0.25, -0.2) is 4.98 Å². The molecule has 1 heterocycles. The maximum atomic E-state index is 11.7. The summed E-state index contributed by atoms with van der Waals surface area (Å²) in [4.78, 5) is 40.2. The summed E-state index contributed by atoms with van der Waals surface area (Å²) in [7, 11) is 0. The summed E-state index contributed by atoms with van der Waals surface area (Å²) in [5.41, 5.74) is 1.33. The molecule has 0 saturated carbocycles. The summed E-state index contributed by atoms with van der Waals surface area (Å²) in [6, 6.07) is 7.72. The number of aryl methyl sites for hydroxylation is 1. The number of hydrogen-bond donors (Lipinski definition) is 3. The molecule has 2 rings (SSSR count). The highest BCUT2D eigenvalue weighted by Crippen LogP contribution is 2.14. The van der Waals surface area contributed by atoms with Crippen LogP contribution < -0.4 is 10.9 Å². The van der Waals surface area contributed by atoms with Gasteiger partial charge in [-0.15, -0.1) is 0 Å². The first-order valence-electron chi connectivity index (χ1n) is 6.14. The third kappa shape index (κ3) is 3.75. The Labute approximate surface area is 119 Å². The zero-order valence-corrected chi connectivity index (χ0v) is 11.2. The number of carbonyl (C=O) groups is 2. The number of aromatic amines is 1. The first-order valence-corrected chi connectivity index (χ1v) is 6.14. The Morgan fingerprint density at radius 1 is 1.29 bits per heavy atom. The van der Waals surface area contributed by atoms with Gasteiger partial charge in [0.2, 0.25) is 0 Å². The van der Waals surface area contributed by atoms with E-state index in [-0.39, 0.29) is 5.56 Å². The Hall–Kier alpha value is -2.96. The number of nitrogens with zero attached hydrogens (tertiary/aromatic N) is 1. The van der Waals surface area contributed by atoms with E-state index in [0.29, 0.717) is 22.6 Å². The van der Waals surface area contributed by atoms with Crippen molar-refractivity contribution in [1.82, 2.24) is 15.3 Å².